The average Bonchev–Trinajstić information content (AvgIpc) is 3.00. The van der Waals surface area contributed by atoms with Gasteiger partial charge < -0.3 is 14.8 Å². The summed E-state index contributed by atoms with van der Waals surface area (Å²) in [6.07, 6.45) is 0.172. The zero-order valence-corrected chi connectivity index (χ0v) is 15.9. The number of methoxy groups -OCH3 is 2. The molecule has 0 radical (unpaired) electrons. The molecule has 3 rings (SSSR count). The molecule has 140 valence electrons. The molecule has 1 amide bonds. The molecule has 1 heterocycles. The summed E-state index contributed by atoms with van der Waals surface area (Å²) in [4.78, 5) is 12.7. The highest BCUT2D eigenvalue weighted by Crippen LogP contribution is 2.26. The van der Waals surface area contributed by atoms with E-state index in [0.29, 0.717) is 17.2 Å². The largest absolute Gasteiger partial charge is 0.497 e. The lowest BCUT2D eigenvalue weighted by Crippen LogP contribution is -2.17. The zero-order chi connectivity index (χ0) is 19.4. The van der Waals surface area contributed by atoms with E-state index in [4.69, 9.17) is 9.47 Å². The molecule has 1 N–H and O–H groups in total. The molecule has 3 aromatic rings. The number of hydrogen-bond acceptors (Lipinski definition) is 4. The Morgan fingerprint density at radius 3 is 2.52 bits per heavy atom. The van der Waals surface area contributed by atoms with Crippen molar-refractivity contribution in [2.24, 2.45) is 0 Å². The molecule has 0 aliphatic heterocycles. The number of aryl methyl sites for hydroxylation is 2. The summed E-state index contributed by atoms with van der Waals surface area (Å²) in [5.74, 6) is 1.19. The van der Waals surface area contributed by atoms with Crippen LogP contribution in [0.25, 0.3) is 5.69 Å². The highest BCUT2D eigenvalue weighted by atomic mass is 16.5. The van der Waals surface area contributed by atoms with Gasteiger partial charge in [-0.2, -0.15) is 5.10 Å². The fraction of sp³-hybridized carbons (Fsp3) is 0.238. The van der Waals surface area contributed by atoms with Gasteiger partial charge in [-0.25, -0.2) is 4.68 Å². The van der Waals surface area contributed by atoms with Crippen LogP contribution in [0.5, 0.6) is 11.5 Å². The standard InChI is InChI=1S/C21H23N3O3/c1-14-11-15(2)24(23-14)19-8-6-5-7-18(19)22-21(25)13-16-12-17(26-3)9-10-20(16)27-4/h5-12H,13H2,1-4H3,(H,22,25). The van der Waals surface area contributed by atoms with Crippen molar-refractivity contribution in [3.8, 4) is 17.2 Å². The van der Waals surface area contributed by atoms with Gasteiger partial charge in [0.25, 0.3) is 0 Å². The minimum Gasteiger partial charge on any atom is -0.497 e. The summed E-state index contributed by atoms with van der Waals surface area (Å²) < 4.78 is 12.4. The van der Waals surface area contributed by atoms with E-state index >= 15 is 0 Å². The van der Waals surface area contributed by atoms with Gasteiger partial charge >= 0.3 is 0 Å². The van der Waals surface area contributed by atoms with Crippen molar-refractivity contribution >= 4 is 11.6 Å². The number of nitrogens with zero attached hydrogens (tertiary/aromatic N) is 2. The second kappa shape index (κ2) is 7.95. The minimum absolute atomic E-state index is 0.143. The maximum absolute atomic E-state index is 12.7. The second-order valence-corrected chi connectivity index (χ2v) is 6.26. The molecule has 1 aromatic heterocycles. The van der Waals surface area contributed by atoms with Crippen molar-refractivity contribution in [3.63, 3.8) is 0 Å². The third-order valence-corrected chi connectivity index (χ3v) is 4.25. The van der Waals surface area contributed by atoms with Crippen LogP contribution in [0.2, 0.25) is 0 Å². The van der Waals surface area contributed by atoms with Crippen molar-refractivity contribution in [1.29, 1.82) is 0 Å². The summed E-state index contributed by atoms with van der Waals surface area (Å²) >= 11 is 0. The molecule has 0 atom stereocenters. The van der Waals surface area contributed by atoms with Crippen LogP contribution in [0.15, 0.2) is 48.5 Å². The minimum atomic E-state index is -0.143. The Hall–Kier alpha value is -3.28. The summed E-state index contributed by atoms with van der Waals surface area (Å²) in [6.45, 7) is 3.93. The van der Waals surface area contributed by atoms with Crippen molar-refractivity contribution in [2.75, 3.05) is 19.5 Å². The Labute approximate surface area is 158 Å². The van der Waals surface area contributed by atoms with Crippen molar-refractivity contribution in [1.82, 2.24) is 9.78 Å². The van der Waals surface area contributed by atoms with E-state index in [-0.39, 0.29) is 12.3 Å². The van der Waals surface area contributed by atoms with E-state index in [9.17, 15) is 4.79 Å². The summed E-state index contributed by atoms with van der Waals surface area (Å²) in [5, 5.41) is 7.50. The topological polar surface area (TPSA) is 65.4 Å². The summed E-state index contributed by atoms with van der Waals surface area (Å²) in [5.41, 5.74) is 4.22. The third kappa shape index (κ3) is 4.11. The first-order chi connectivity index (χ1) is 13.0. The fourth-order valence-electron chi connectivity index (χ4n) is 3.02. The van der Waals surface area contributed by atoms with E-state index in [1.165, 1.54) is 0 Å². The highest BCUT2D eigenvalue weighted by Gasteiger charge is 2.14. The van der Waals surface area contributed by atoms with E-state index in [2.05, 4.69) is 10.4 Å². The van der Waals surface area contributed by atoms with Crippen LogP contribution in [-0.2, 0) is 11.2 Å². The van der Waals surface area contributed by atoms with Crippen LogP contribution in [0.4, 0.5) is 5.69 Å². The maximum Gasteiger partial charge on any atom is 0.228 e. The number of nitrogens with one attached hydrogen (secondary N) is 1. The number of aromatic nitrogens is 2. The fourth-order valence-corrected chi connectivity index (χ4v) is 3.02. The number of carbonyl (C=O) groups is 1. The van der Waals surface area contributed by atoms with Crippen LogP contribution >= 0.6 is 0 Å². The third-order valence-electron chi connectivity index (χ3n) is 4.25. The lowest BCUT2D eigenvalue weighted by atomic mass is 10.1. The molecule has 0 bridgehead atoms. The Morgan fingerprint density at radius 1 is 1.07 bits per heavy atom. The van der Waals surface area contributed by atoms with Gasteiger partial charge in [-0.3, -0.25) is 4.79 Å². The Kier molecular flexibility index (Phi) is 5.45. The summed E-state index contributed by atoms with van der Waals surface area (Å²) in [7, 11) is 3.18. The number of rotatable bonds is 6. The molecule has 27 heavy (non-hydrogen) atoms. The molecule has 0 spiro atoms. The van der Waals surface area contributed by atoms with Gasteiger partial charge in [-0.1, -0.05) is 12.1 Å². The van der Waals surface area contributed by atoms with Gasteiger partial charge in [0.15, 0.2) is 0 Å². The van der Waals surface area contributed by atoms with Crippen molar-refractivity contribution in [2.45, 2.75) is 20.3 Å². The first-order valence-electron chi connectivity index (χ1n) is 8.65. The van der Waals surface area contributed by atoms with E-state index in [1.54, 1.807) is 26.4 Å². The number of anilines is 1. The molecule has 6 heteroatoms. The van der Waals surface area contributed by atoms with Crippen molar-refractivity contribution < 1.29 is 14.3 Å². The number of hydrogen-bond donors (Lipinski definition) is 1. The molecule has 0 saturated carbocycles. The van der Waals surface area contributed by atoms with Crippen LogP contribution in [0, 0.1) is 13.8 Å². The second-order valence-electron chi connectivity index (χ2n) is 6.26. The molecule has 0 unspecified atom stereocenters. The quantitative estimate of drug-likeness (QED) is 0.724. The highest BCUT2D eigenvalue weighted by molar-refractivity contribution is 5.94. The lowest BCUT2D eigenvalue weighted by Gasteiger charge is -2.14. The van der Waals surface area contributed by atoms with E-state index in [1.807, 2.05) is 54.9 Å². The van der Waals surface area contributed by atoms with E-state index < -0.39 is 0 Å². The lowest BCUT2D eigenvalue weighted by molar-refractivity contribution is -0.115. The maximum atomic E-state index is 12.7. The normalized spacial score (nSPS) is 10.5. The van der Waals surface area contributed by atoms with Crippen LogP contribution < -0.4 is 14.8 Å². The predicted octanol–water partition coefficient (Wildman–Crippen LogP) is 3.69. The Bertz CT molecular complexity index is 963. The van der Waals surface area contributed by atoms with Crippen molar-refractivity contribution in [3.05, 3.63) is 65.5 Å². The van der Waals surface area contributed by atoms with Gasteiger partial charge in [-0.15, -0.1) is 0 Å². The first kappa shape index (κ1) is 18.5. The number of amides is 1. The summed E-state index contributed by atoms with van der Waals surface area (Å²) in [6, 6.07) is 15.0. The molecule has 0 aliphatic rings. The van der Waals surface area contributed by atoms with Crippen LogP contribution in [0.3, 0.4) is 0 Å². The average molecular weight is 365 g/mol. The zero-order valence-electron chi connectivity index (χ0n) is 15.9. The number of benzene rings is 2. The molecule has 6 nitrogen and oxygen atoms in total. The number of carbonyl (C=O) groups excluding carboxylic acids is 1. The Balaban J connectivity index is 1.85. The first-order valence-corrected chi connectivity index (χ1v) is 8.65. The molecule has 0 fully saturated rings. The van der Waals surface area contributed by atoms with Gasteiger partial charge in [0.05, 0.1) is 37.7 Å². The molecular formula is C21H23N3O3. The molecule has 0 aliphatic carbocycles. The van der Waals surface area contributed by atoms with Gasteiger partial charge in [-0.05, 0) is 50.2 Å². The van der Waals surface area contributed by atoms with E-state index in [0.717, 1.165) is 22.6 Å². The SMILES string of the molecule is COc1ccc(OC)c(CC(=O)Nc2ccccc2-n2nc(C)cc2C)c1. The predicted molar refractivity (Wildman–Crippen MR) is 105 cm³/mol. The molecule has 0 saturated heterocycles. The Morgan fingerprint density at radius 2 is 1.85 bits per heavy atom. The van der Waals surface area contributed by atoms with Crippen LogP contribution in [0.1, 0.15) is 17.0 Å². The van der Waals surface area contributed by atoms with Gasteiger partial charge in [0.1, 0.15) is 11.5 Å². The van der Waals surface area contributed by atoms with Crippen LogP contribution in [-0.4, -0.2) is 29.9 Å². The molecular weight excluding hydrogens is 342 g/mol. The van der Waals surface area contributed by atoms with Gasteiger partial charge in [0, 0.05) is 11.3 Å². The number of para-hydroxylation sites is 2. The monoisotopic (exact) mass is 365 g/mol. The molecule has 2 aromatic carbocycles. The van der Waals surface area contributed by atoms with Gasteiger partial charge in [0.2, 0.25) is 5.91 Å². The number of ether oxygens (including phenoxy) is 2. The smallest absolute Gasteiger partial charge is 0.228 e.